The van der Waals surface area contributed by atoms with Crippen LogP contribution >= 0.6 is 0 Å². The van der Waals surface area contributed by atoms with Crippen LogP contribution in [0.15, 0.2) is 36.5 Å². The van der Waals surface area contributed by atoms with E-state index in [1.54, 1.807) is 29.3 Å². The van der Waals surface area contributed by atoms with Gasteiger partial charge >= 0.3 is 5.97 Å². The predicted molar refractivity (Wildman–Crippen MR) is 95.0 cm³/mol. The Morgan fingerprint density at radius 3 is 2.96 bits per heavy atom. The van der Waals surface area contributed by atoms with Crippen LogP contribution in [0.25, 0.3) is 5.69 Å². The smallest absolute Gasteiger partial charge is 0.307 e. The summed E-state index contributed by atoms with van der Waals surface area (Å²) in [6.45, 7) is 1.29. The number of benzene rings is 1. The molecule has 27 heavy (non-hydrogen) atoms. The fourth-order valence-corrected chi connectivity index (χ4v) is 3.00. The first-order valence-electron chi connectivity index (χ1n) is 8.86. The third-order valence-electron chi connectivity index (χ3n) is 4.43. The van der Waals surface area contributed by atoms with Crippen LogP contribution in [0.1, 0.15) is 29.8 Å². The number of hydrogen-bond acceptors (Lipinski definition) is 5. The third kappa shape index (κ3) is 4.91. The standard InChI is InChI=1S/C19H22FN3O4/c1-26-18(24)8-9-22(13-16-6-3-11-27-16)19(25)17-7-10-23(21-17)15-5-2-4-14(20)12-15/h2,4-5,7,10,12,16H,3,6,8-9,11,13H2,1H3. The van der Waals surface area contributed by atoms with E-state index in [1.165, 1.54) is 23.9 Å². The lowest BCUT2D eigenvalue weighted by Gasteiger charge is -2.24. The van der Waals surface area contributed by atoms with Gasteiger partial charge in [0.15, 0.2) is 5.69 Å². The molecule has 1 aromatic carbocycles. The van der Waals surface area contributed by atoms with Gasteiger partial charge < -0.3 is 14.4 Å². The van der Waals surface area contributed by atoms with Crippen LogP contribution in [-0.4, -0.2) is 59.5 Å². The van der Waals surface area contributed by atoms with Crippen molar-refractivity contribution in [3.8, 4) is 5.69 Å². The maximum atomic E-state index is 13.4. The van der Waals surface area contributed by atoms with E-state index >= 15 is 0 Å². The van der Waals surface area contributed by atoms with Gasteiger partial charge in [0.25, 0.3) is 5.91 Å². The Balaban J connectivity index is 1.74. The number of halogens is 1. The Morgan fingerprint density at radius 2 is 2.26 bits per heavy atom. The van der Waals surface area contributed by atoms with Crippen molar-refractivity contribution in [2.75, 3.05) is 26.8 Å². The van der Waals surface area contributed by atoms with Crippen molar-refractivity contribution in [3.63, 3.8) is 0 Å². The Labute approximate surface area is 156 Å². The minimum Gasteiger partial charge on any atom is -0.469 e. The monoisotopic (exact) mass is 375 g/mol. The lowest BCUT2D eigenvalue weighted by atomic mass is 10.2. The largest absolute Gasteiger partial charge is 0.469 e. The minimum atomic E-state index is -0.384. The van der Waals surface area contributed by atoms with Gasteiger partial charge in [-0.05, 0) is 37.1 Å². The van der Waals surface area contributed by atoms with E-state index in [4.69, 9.17) is 4.74 Å². The highest BCUT2D eigenvalue weighted by atomic mass is 19.1. The van der Waals surface area contributed by atoms with Crippen LogP contribution in [0.5, 0.6) is 0 Å². The van der Waals surface area contributed by atoms with Crippen molar-refractivity contribution in [1.82, 2.24) is 14.7 Å². The molecule has 2 aromatic rings. The van der Waals surface area contributed by atoms with Crippen molar-refractivity contribution < 1.29 is 23.5 Å². The van der Waals surface area contributed by atoms with E-state index in [-0.39, 0.29) is 42.5 Å². The molecule has 0 spiro atoms. The number of ether oxygens (including phenoxy) is 2. The molecule has 1 atom stereocenters. The molecule has 1 aliphatic heterocycles. The van der Waals surface area contributed by atoms with E-state index in [0.29, 0.717) is 18.8 Å². The summed E-state index contributed by atoms with van der Waals surface area (Å²) in [5.74, 6) is -1.07. The van der Waals surface area contributed by atoms with Gasteiger partial charge in [-0.15, -0.1) is 0 Å². The number of esters is 1. The molecule has 1 aliphatic rings. The summed E-state index contributed by atoms with van der Waals surface area (Å²) < 4.78 is 25.1. The molecule has 7 nitrogen and oxygen atoms in total. The molecule has 1 unspecified atom stereocenters. The van der Waals surface area contributed by atoms with Gasteiger partial charge in [-0.3, -0.25) is 9.59 Å². The molecule has 144 valence electrons. The zero-order valence-corrected chi connectivity index (χ0v) is 15.1. The first kappa shape index (κ1) is 19.0. The topological polar surface area (TPSA) is 73.7 Å². The second-order valence-electron chi connectivity index (χ2n) is 6.34. The zero-order valence-electron chi connectivity index (χ0n) is 15.1. The zero-order chi connectivity index (χ0) is 19.2. The van der Waals surface area contributed by atoms with Crippen molar-refractivity contribution >= 4 is 11.9 Å². The molecule has 0 N–H and O–H groups in total. The number of amides is 1. The van der Waals surface area contributed by atoms with E-state index < -0.39 is 0 Å². The predicted octanol–water partition coefficient (Wildman–Crippen LogP) is 2.20. The molecular formula is C19H22FN3O4. The van der Waals surface area contributed by atoms with E-state index in [2.05, 4.69) is 9.84 Å². The molecule has 3 rings (SSSR count). The maximum Gasteiger partial charge on any atom is 0.307 e. The van der Waals surface area contributed by atoms with Crippen LogP contribution in [-0.2, 0) is 14.3 Å². The normalized spacial score (nSPS) is 16.3. The molecule has 1 aromatic heterocycles. The summed E-state index contributed by atoms with van der Waals surface area (Å²) in [6, 6.07) is 7.53. The van der Waals surface area contributed by atoms with Crippen LogP contribution in [0.2, 0.25) is 0 Å². The van der Waals surface area contributed by atoms with Gasteiger partial charge in [-0.2, -0.15) is 5.10 Å². The van der Waals surface area contributed by atoms with E-state index in [1.807, 2.05) is 0 Å². The summed E-state index contributed by atoms with van der Waals surface area (Å²) in [5.41, 5.74) is 0.747. The molecule has 0 radical (unpaired) electrons. The number of rotatable bonds is 7. The second kappa shape index (κ2) is 8.77. The highest BCUT2D eigenvalue weighted by Gasteiger charge is 2.25. The van der Waals surface area contributed by atoms with Gasteiger partial charge in [0.2, 0.25) is 0 Å². The highest BCUT2D eigenvalue weighted by molar-refractivity contribution is 5.92. The molecule has 1 fully saturated rings. The number of carbonyl (C=O) groups excluding carboxylic acids is 2. The number of aromatic nitrogens is 2. The minimum absolute atomic E-state index is 0.0445. The van der Waals surface area contributed by atoms with Gasteiger partial charge in [-0.25, -0.2) is 9.07 Å². The van der Waals surface area contributed by atoms with Crippen LogP contribution < -0.4 is 0 Å². The molecule has 1 saturated heterocycles. The average Bonchev–Trinajstić information content (AvgIpc) is 3.36. The van der Waals surface area contributed by atoms with Gasteiger partial charge in [0, 0.05) is 25.9 Å². The second-order valence-corrected chi connectivity index (χ2v) is 6.34. The molecular weight excluding hydrogens is 353 g/mol. The van der Waals surface area contributed by atoms with Crippen LogP contribution in [0.3, 0.4) is 0 Å². The lowest BCUT2D eigenvalue weighted by molar-refractivity contribution is -0.140. The fraction of sp³-hybridized carbons (Fsp3) is 0.421. The summed E-state index contributed by atoms with van der Waals surface area (Å²) in [5, 5.41) is 4.27. The summed E-state index contributed by atoms with van der Waals surface area (Å²) in [6.07, 6.45) is 3.49. The van der Waals surface area contributed by atoms with Crippen LogP contribution in [0.4, 0.5) is 4.39 Å². The summed E-state index contributed by atoms with van der Waals surface area (Å²) in [7, 11) is 1.31. The van der Waals surface area contributed by atoms with E-state index in [9.17, 15) is 14.0 Å². The average molecular weight is 375 g/mol. The van der Waals surface area contributed by atoms with E-state index in [0.717, 1.165) is 12.8 Å². The molecule has 0 saturated carbocycles. The highest BCUT2D eigenvalue weighted by Crippen LogP contribution is 2.16. The number of nitrogens with zero attached hydrogens (tertiary/aromatic N) is 3. The van der Waals surface area contributed by atoms with Crippen molar-refractivity contribution in [2.45, 2.75) is 25.4 Å². The first-order valence-corrected chi connectivity index (χ1v) is 8.86. The quantitative estimate of drug-likeness (QED) is 0.694. The summed E-state index contributed by atoms with van der Waals surface area (Å²) >= 11 is 0. The third-order valence-corrected chi connectivity index (χ3v) is 4.43. The molecule has 0 bridgehead atoms. The molecule has 0 aliphatic carbocycles. The van der Waals surface area contributed by atoms with Gasteiger partial charge in [0.05, 0.1) is 25.3 Å². The molecule has 1 amide bonds. The van der Waals surface area contributed by atoms with Crippen molar-refractivity contribution in [3.05, 3.63) is 48.0 Å². The fourth-order valence-electron chi connectivity index (χ4n) is 3.00. The molecule has 2 heterocycles. The number of carbonyl (C=O) groups is 2. The van der Waals surface area contributed by atoms with Gasteiger partial charge in [0.1, 0.15) is 5.82 Å². The van der Waals surface area contributed by atoms with Gasteiger partial charge in [-0.1, -0.05) is 6.07 Å². The Morgan fingerprint density at radius 1 is 1.41 bits per heavy atom. The Bertz CT molecular complexity index is 802. The SMILES string of the molecule is COC(=O)CCN(CC1CCCO1)C(=O)c1ccn(-c2cccc(F)c2)n1. The summed E-state index contributed by atoms with van der Waals surface area (Å²) in [4.78, 5) is 26.0. The van der Waals surface area contributed by atoms with Crippen LogP contribution in [0, 0.1) is 5.82 Å². The van der Waals surface area contributed by atoms with Crippen molar-refractivity contribution in [1.29, 1.82) is 0 Å². The first-order chi connectivity index (χ1) is 13.1. The number of hydrogen-bond donors (Lipinski definition) is 0. The Hall–Kier alpha value is -2.74. The Kier molecular flexibility index (Phi) is 6.18. The number of methoxy groups -OCH3 is 1. The lowest BCUT2D eigenvalue weighted by Crippen LogP contribution is -2.39. The maximum absolute atomic E-state index is 13.4. The molecule has 8 heteroatoms. The van der Waals surface area contributed by atoms with Crippen molar-refractivity contribution in [2.24, 2.45) is 0 Å².